The third-order valence-corrected chi connectivity index (χ3v) is 6.40. The highest BCUT2D eigenvalue weighted by Crippen LogP contribution is 2.39. The molecular formula is C17H24Br2N2O2. The van der Waals surface area contributed by atoms with Gasteiger partial charge in [0.2, 0.25) is 0 Å². The number of aliphatic imine (C=N–C) groups is 1. The lowest BCUT2D eigenvalue weighted by molar-refractivity contribution is -0.0449. The minimum Gasteiger partial charge on any atom is -0.394 e. The summed E-state index contributed by atoms with van der Waals surface area (Å²) in [5, 5.41) is 9.16. The molecule has 0 aromatic heterocycles. The molecule has 1 fully saturated rings. The third-order valence-electron chi connectivity index (χ3n) is 5.02. The lowest BCUT2D eigenvalue weighted by Crippen LogP contribution is -2.49. The first-order chi connectivity index (χ1) is 11.1. The molecular weight excluding hydrogens is 424 g/mol. The maximum absolute atomic E-state index is 9.16. The summed E-state index contributed by atoms with van der Waals surface area (Å²) in [4.78, 5) is 7.24. The number of rotatable bonds is 4. The van der Waals surface area contributed by atoms with E-state index in [4.69, 9.17) is 14.8 Å². The molecule has 1 aliphatic carbocycles. The van der Waals surface area contributed by atoms with Crippen LogP contribution in [0.3, 0.4) is 0 Å². The maximum atomic E-state index is 9.16. The third kappa shape index (κ3) is 3.75. The highest BCUT2D eigenvalue weighted by atomic mass is 79.9. The number of allylic oxidation sites excluding steroid dienone is 3. The number of nitrogens with zero attached hydrogens (tertiary/aromatic N) is 2. The van der Waals surface area contributed by atoms with Crippen LogP contribution in [0.2, 0.25) is 0 Å². The van der Waals surface area contributed by atoms with Crippen LogP contribution >= 0.6 is 31.9 Å². The summed E-state index contributed by atoms with van der Waals surface area (Å²) in [5.74, 6) is 1.63. The normalized spacial score (nSPS) is 29.3. The van der Waals surface area contributed by atoms with Crippen LogP contribution in [0.15, 0.2) is 25.7 Å². The van der Waals surface area contributed by atoms with Crippen LogP contribution in [-0.4, -0.2) is 41.3 Å². The van der Waals surface area contributed by atoms with Crippen molar-refractivity contribution in [2.24, 2.45) is 10.9 Å². The first kappa shape index (κ1) is 17.6. The van der Waals surface area contributed by atoms with Gasteiger partial charge in [-0.25, -0.2) is 0 Å². The Labute approximate surface area is 154 Å². The van der Waals surface area contributed by atoms with Crippen molar-refractivity contribution in [3.05, 3.63) is 20.7 Å². The predicted molar refractivity (Wildman–Crippen MR) is 99.7 cm³/mol. The molecule has 0 aromatic carbocycles. The lowest BCUT2D eigenvalue weighted by Gasteiger charge is -2.43. The summed E-state index contributed by atoms with van der Waals surface area (Å²) in [7, 11) is 0. The van der Waals surface area contributed by atoms with Crippen molar-refractivity contribution in [2.75, 3.05) is 13.2 Å². The van der Waals surface area contributed by atoms with Crippen LogP contribution in [0.25, 0.3) is 0 Å². The zero-order valence-corrected chi connectivity index (χ0v) is 16.6. The average molecular weight is 448 g/mol. The standard InChI is InChI=1S/C17H24Br2N2O2/c1-11-13(18)9-14(19)17-20-15(12-5-3-2-4-6-12)10-16(21(11)17)23-8-7-22/h9,12,15-16,22H,2-8,10H2,1H3. The van der Waals surface area contributed by atoms with E-state index in [1.165, 1.54) is 32.1 Å². The van der Waals surface area contributed by atoms with E-state index in [9.17, 15) is 0 Å². The van der Waals surface area contributed by atoms with Crippen molar-refractivity contribution >= 4 is 37.7 Å². The van der Waals surface area contributed by atoms with Gasteiger partial charge in [-0.1, -0.05) is 19.3 Å². The van der Waals surface area contributed by atoms with Gasteiger partial charge in [0.05, 0.1) is 23.7 Å². The Hall–Kier alpha value is -0.170. The topological polar surface area (TPSA) is 45.1 Å². The van der Waals surface area contributed by atoms with Crippen molar-refractivity contribution in [3.63, 3.8) is 0 Å². The van der Waals surface area contributed by atoms with E-state index in [1.54, 1.807) is 0 Å². The molecule has 6 heteroatoms. The number of hydrogen-bond donors (Lipinski definition) is 1. The van der Waals surface area contributed by atoms with Gasteiger partial charge >= 0.3 is 0 Å². The Morgan fingerprint density at radius 3 is 2.74 bits per heavy atom. The van der Waals surface area contributed by atoms with E-state index in [1.807, 2.05) is 0 Å². The fourth-order valence-corrected chi connectivity index (χ4v) is 5.06. The summed E-state index contributed by atoms with van der Waals surface area (Å²) >= 11 is 7.28. The van der Waals surface area contributed by atoms with E-state index >= 15 is 0 Å². The second-order valence-corrected chi connectivity index (χ2v) is 8.21. The molecule has 0 spiro atoms. The van der Waals surface area contributed by atoms with Crippen molar-refractivity contribution < 1.29 is 9.84 Å². The number of halogens is 2. The van der Waals surface area contributed by atoms with E-state index in [0.717, 1.165) is 26.9 Å². The number of aliphatic hydroxyl groups excluding tert-OH is 1. The molecule has 2 unspecified atom stereocenters. The Balaban J connectivity index is 1.89. The van der Waals surface area contributed by atoms with Crippen molar-refractivity contribution in [3.8, 4) is 0 Å². The Kier molecular flexibility index (Phi) is 5.99. The SMILES string of the molecule is CC1=C(Br)C=C(Br)C2=NC(C3CCCCC3)CC(OCCO)N21. The number of aliphatic hydroxyl groups is 1. The van der Waals surface area contributed by atoms with Gasteiger partial charge in [-0.05, 0) is 63.6 Å². The van der Waals surface area contributed by atoms with Gasteiger partial charge in [-0.3, -0.25) is 4.99 Å². The molecule has 4 nitrogen and oxygen atoms in total. The maximum Gasteiger partial charge on any atom is 0.144 e. The zero-order chi connectivity index (χ0) is 16.4. The summed E-state index contributed by atoms with van der Waals surface area (Å²) in [6, 6.07) is 0.316. The molecule has 3 aliphatic rings. The highest BCUT2D eigenvalue weighted by Gasteiger charge is 2.38. The first-order valence-corrected chi connectivity index (χ1v) is 10.0. The molecule has 23 heavy (non-hydrogen) atoms. The van der Waals surface area contributed by atoms with Crippen molar-refractivity contribution in [2.45, 2.75) is 57.7 Å². The smallest absolute Gasteiger partial charge is 0.144 e. The Bertz CT molecular complexity index is 539. The van der Waals surface area contributed by atoms with Crippen molar-refractivity contribution in [1.82, 2.24) is 4.90 Å². The zero-order valence-electron chi connectivity index (χ0n) is 13.5. The first-order valence-electron chi connectivity index (χ1n) is 8.45. The molecule has 2 aliphatic heterocycles. The van der Waals surface area contributed by atoms with Gasteiger partial charge in [0.1, 0.15) is 12.1 Å². The minimum atomic E-state index is -0.0598. The molecule has 2 heterocycles. The summed E-state index contributed by atoms with van der Waals surface area (Å²) in [6.45, 7) is 2.48. The van der Waals surface area contributed by atoms with Crippen LogP contribution in [-0.2, 0) is 4.74 Å². The van der Waals surface area contributed by atoms with E-state index in [2.05, 4.69) is 49.8 Å². The second kappa shape index (κ2) is 7.81. The number of hydrogen-bond acceptors (Lipinski definition) is 4. The molecule has 0 radical (unpaired) electrons. The molecule has 0 amide bonds. The fourth-order valence-electron chi connectivity index (χ4n) is 3.82. The second-order valence-electron chi connectivity index (χ2n) is 6.50. The van der Waals surface area contributed by atoms with Crippen LogP contribution < -0.4 is 0 Å². The van der Waals surface area contributed by atoms with Gasteiger partial charge < -0.3 is 14.7 Å². The molecule has 2 atom stereocenters. The average Bonchev–Trinajstić information content (AvgIpc) is 2.58. The van der Waals surface area contributed by atoms with Gasteiger partial charge in [0.15, 0.2) is 0 Å². The minimum absolute atomic E-state index is 0.0475. The predicted octanol–water partition coefficient (Wildman–Crippen LogP) is 4.29. The number of ether oxygens (including phenoxy) is 1. The summed E-state index contributed by atoms with van der Waals surface area (Å²) in [6.07, 6.45) is 9.44. The summed E-state index contributed by atoms with van der Waals surface area (Å²) in [5.41, 5.74) is 1.11. The van der Waals surface area contributed by atoms with Gasteiger partial charge in [-0.15, -0.1) is 0 Å². The lowest BCUT2D eigenvalue weighted by atomic mass is 9.82. The van der Waals surface area contributed by atoms with Gasteiger partial charge in [0.25, 0.3) is 0 Å². The van der Waals surface area contributed by atoms with Crippen LogP contribution in [0, 0.1) is 5.92 Å². The summed E-state index contributed by atoms with van der Waals surface area (Å²) < 4.78 is 8.01. The fraction of sp³-hybridized carbons (Fsp3) is 0.706. The Morgan fingerprint density at radius 2 is 2.04 bits per heavy atom. The largest absolute Gasteiger partial charge is 0.394 e. The van der Waals surface area contributed by atoms with E-state index in [-0.39, 0.29) is 12.8 Å². The Morgan fingerprint density at radius 1 is 1.30 bits per heavy atom. The molecule has 1 N–H and O–H groups in total. The van der Waals surface area contributed by atoms with E-state index in [0.29, 0.717) is 18.6 Å². The molecule has 0 aromatic rings. The van der Waals surface area contributed by atoms with Crippen LogP contribution in [0.4, 0.5) is 0 Å². The van der Waals surface area contributed by atoms with Crippen LogP contribution in [0.5, 0.6) is 0 Å². The number of amidine groups is 1. The van der Waals surface area contributed by atoms with Crippen LogP contribution in [0.1, 0.15) is 45.4 Å². The molecule has 1 saturated carbocycles. The molecule has 3 rings (SSSR count). The van der Waals surface area contributed by atoms with E-state index < -0.39 is 0 Å². The molecule has 0 bridgehead atoms. The number of fused-ring (bicyclic) bond motifs is 1. The molecule has 128 valence electrons. The highest BCUT2D eigenvalue weighted by molar-refractivity contribution is 9.12. The quantitative estimate of drug-likeness (QED) is 0.698. The van der Waals surface area contributed by atoms with Gasteiger partial charge in [-0.2, -0.15) is 0 Å². The molecule has 0 saturated heterocycles. The monoisotopic (exact) mass is 446 g/mol. The van der Waals surface area contributed by atoms with Crippen molar-refractivity contribution in [1.29, 1.82) is 0 Å². The van der Waals surface area contributed by atoms with Gasteiger partial charge in [0, 0.05) is 16.6 Å².